The van der Waals surface area contributed by atoms with Gasteiger partial charge in [-0.2, -0.15) is 5.26 Å². The third-order valence-corrected chi connectivity index (χ3v) is 2.49. The molecule has 1 rings (SSSR count). The summed E-state index contributed by atoms with van der Waals surface area (Å²) in [6.45, 7) is 2.01. The van der Waals surface area contributed by atoms with Crippen LogP contribution in [0.3, 0.4) is 0 Å². The average molecular weight is 166 g/mol. The number of nitrogens with one attached hydrogen (secondary N) is 1. The first kappa shape index (κ1) is 9.05. The molecule has 0 radical (unpaired) electrons. The van der Waals surface area contributed by atoms with Crippen LogP contribution in [0.15, 0.2) is 0 Å². The second-order valence-electron chi connectivity index (χ2n) is 3.38. The summed E-state index contributed by atoms with van der Waals surface area (Å²) >= 11 is 0. The Morgan fingerprint density at radius 1 is 1.75 bits per heavy atom. The number of amides is 1. The van der Waals surface area contributed by atoms with Crippen molar-refractivity contribution in [2.45, 2.75) is 38.6 Å². The summed E-state index contributed by atoms with van der Waals surface area (Å²) in [6.07, 6.45) is 3.70. The molecule has 0 unspecified atom stereocenters. The molecular formula is C9H14N2O. The second-order valence-corrected chi connectivity index (χ2v) is 3.38. The van der Waals surface area contributed by atoms with Crippen molar-refractivity contribution in [2.24, 2.45) is 5.92 Å². The van der Waals surface area contributed by atoms with Gasteiger partial charge in [-0.1, -0.05) is 6.42 Å². The molecule has 0 saturated heterocycles. The van der Waals surface area contributed by atoms with E-state index in [9.17, 15) is 4.79 Å². The van der Waals surface area contributed by atoms with Crippen LogP contribution < -0.4 is 5.32 Å². The van der Waals surface area contributed by atoms with Crippen LogP contribution in [0.5, 0.6) is 0 Å². The first-order chi connectivity index (χ1) is 5.74. The Labute approximate surface area is 72.8 Å². The lowest BCUT2D eigenvalue weighted by molar-refractivity contribution is -0.121. The number of rotatable bonds is 3. The highest BCUT2D eigenvalue weighted by atomic mass is 16.1. The van der Waals surface area contributed by atoms with Crippen molar-refractivity contribution in [1.29, 1.82) is 5.26 Å². The molecular weight excluding hydrogens is 152 g/mol. The van der Waals surface area contributed by atoms with Crippen LogP contribution in [0.2, 0.25) is 0 Å². The summed E-state index contributed by atoms with van der Waals surface area (Å²) in [5, 5.41) is 11.1. The molecule has 1 saturated carbocycles. The van der Waals surface area contributed by atoms with Gasteiger partial charge < -0.3 is 5.32 Å². The molecule has 0 heterocycles. The zero-order valence-electron chi connectivity index (χ0n) is 7.34. The van der Waals surface area contributed by atoms with Crippen molar-refractivity contribution in [2.75, 3.05) is 0 Å². The van der Waals surface area contributed by atoms with Crippen LogP contribution in [-0.2, 0) is 4.79 Å². The van der Waals surface area contributed by atoms with E-state index in [-0.39, 0.29) is 18.4 Å². The molecule has 0 spiro atoms. The Kier molecular flexibility index (Phi) is 3.09. The van der Waals surface area contributed by atoms with Crippen LogP contribution >= 0.6 is 0 Å². The normalized spacial score (nSPS) is 19.0. The van der Waals surface area contributed by atoms with E-state index < -0.39 is 0 Å². The highest BCUT2D eigenvalue weighted by Crippen LogP contribution is 2.29. The number of carbonyl (C=O) groups is 1. The number of nitriles is 1. The van der Waals surface area contributed by atoms with Crippen LogP contribution in [0.25, 0.3) is 0 Å². The molecule has 1 N–H and O–H groups in total. The monoisotopic (exact) mass is 166 g/mol. The lowest BCUT2D eigenvalue weighted by Gasteiger charge is -2.31. The zero-order valence-corrected chi connectivity index (χ0v) is 7.34. The molecule has 0 aromatic carbocycles. The van der Waals surface area contributed by atoms with E-state index in [1.807, 2.05) is 13.0 Å². The topological polar surface area (TPSA) is 52.9 Å². The average Bonchev–Trinajstić information content (AvgIpc) is 1.82. The minimum absolute atomic E-state index is 0.0168. The third kappa shape index (κ3) is 2.23. The maximum Gasteiger partial charge on any atom is 0.234 e. The van der Waals surface area contributed by atoms with Crippen LogP contribution in [0.4, 0.5) is 0 Å². The van der Waals surface area contributed by atoms with Gasteiger partial charge in [0.25, 0.3) is 0 Å². The quantitative estimate of drug-likeness (QED) is 0.685. The van der Waals surface area contributed by atoms with E-state index in [0.717, 1.165) is 0 Å². The van der Waals surface area contributed by atoms with E-state index >= 15 is 0 Å². The SMILES string of the molecule is C[C@H](NC(=O)CC#N)C1CCC1. The molecule has 0 aromatic rings. The second kappa shape index (κ2) is 4.10. The lowest BCUT2D eigenvalue weighted by Crippen LogP contribution is -2.40. The van der Waals surface area contributed by atoms with Gasteiger partial charge in [-0.15, -0.1) is 0 Å². The van der Waals surface area contributed by atoms with E-state index in [1.165, 1.54) is 19.3 Å². The van der Waals surface area contributed by atoms with Gasteiger partial charge in [0, 0.05) is 6.04 Å². The molecule has 1 atom stereocenters. The van der Waals surface area contributed by atoms with Crippen molar-refractivity contribution >= 4 is 5.91 Å². The van der Waals surface area contributed by atoms with E-state index in [4.69, 9.17) is 5.26 Å². The third-order valence-electron chi connectivity index (χ3n) is 2.49. The molecule has 12 heavy (non-hydrogen) atoms. The molecule has 0 aliphatic heterocycles. The van der Waals surface area contributed by atoms with Crippen molar-refractivity contribution in [3.05, 3.63) is 0 Å². The first-order valence-corrected chi connectivity index (χ1v) is 4.40. The largest absolute Gasteiger partial charge is 0.352 e. The number of hydrogen-bond acceptors (Lipinski definition) is 2. The fourth-order valence-electron chi connectivity index (χ4n) is 1.43. The maximum atomic E-state index is 11.0. The predicted octanol–water partition coefficient (Wildman–Crippen LogP) is 1.20. The fourth-order valence-corrected chi connectivity index (χ4v) is 1.43. The minimum atomic E-state index is -0.142. The van der Waals surface area contributed by atoms with Gasteiger partial charge in [0.15, 0.2) is 0 Å². The summed E-state index contributed by atoms with van der Waals surface area (Å²) in [7, 11) is 0. The Hall–Kier alpha value is -1.04. The van der Waals surface area contributed by atoms with Crippen LogP contribution in [-0.4, -0.2) is 11.9 Å². The van der Waals surface area contributed by atoms with Gasteiger partial charge in [-0.25, -0.2) is 0 Å². The molecule has 0 bridgehead atoms. The molecule has 66 valence electrons. The first-order valence-electron chi connectivity index (χ1n) is 4.40. The minimum Gasteiger partial charge on any atom is -0.352 e. The Balaban J connectivity index is 2.21. The van der Waals surface area contributed by atoms with Gasteiger partial charge in [-0.3, -0.25) is 4.79 Å². The van der Waals surface area contributed by atoms with E-state index in [1.54, 1.807) is 0 Å². The molecule has 0 aromatic heterocycles. The van der Waals surface area contributed by atoms with Crippen molar-refractivity contribution in [3.8, 4) is 6.07 Å². The molecule has 3 heteroatoms. The predicted molar refractivity (Wildman–Crippen MR) is 45.2 cm³/mol. The Bertz CT molecular complexity index is 203. The van der Waals surface area contributed by atoms with Crippen LogP contribution in [0.1, 0.15) is 32.6 Å². The van der Waals surface area contributed by atoms with E-state index in [0.29, 0.717) is 5.92 Å². The number of nitrogens with zero attached hydrogens (tertiary/aromatic N) is 1. The van der Waals surface area contributed by atoms with Crippen LogP contribution in [0, 0.1) is 17.2 Å². The Morgan fingerprint density at radius 3 is 2.83 bits per heavy atom. The highest BCUT2D eigenvalue weighted by Gasteiger charge is 2.24. The van der Waals surface area contributed by atoms with Crippen molar-refractivity contribution in [3.63, 3.8) is 0 Å². The van der Waals surface area contributed by atoms with Gasteiger partial charge in [0.1, 0.15) is 6.42 Å². The molecule has 1 aliphatic carbocycles. The van der Waals surface area contributed by atoms with Gasteiger partial charge in [0.2, 0.25) is 5.91 Å². The molecule has 1 fully saturated rings. The summed E-state index contributed by atoms with van der Waals surface area (Å²) in [5.41, 5.74) is 0. The number of carbonyl (C=O) groups excluding carboxylic acids is 1. The van der Waals surface area contributed by atoms with E-state index in [2.05, 4.69) is 5.32 Å². The fraction of sp³-hybridized carbons (Fsp3) is 0.778. The smallest absolute Gasteiger partial charge is 0.234 e. The lowest BCUT2D eigenvalue weighted by atomic mass is 9.80. The Morgan fingerprint density at radius 2 is 2.42 bits per heavy atom. The molecule has 1 amide bonds. The van der Waals surface area contributed by atoms with Gasteiger partial charge in [-0.05, 0) is 25.7 Å². The number of hydrogen-bond donors (Lipinski definition) is 1. The van der Waals surface area contributed by atoms with Gasteiger partial charge in [0.05, 0.1) is 6.07 Å². The van der Waals surface area contributed by atoms with Crippen molar-refractivity contribution < 1.29 is 4.79 Å². The molecule has 3 nitrogen and oxygen atoms in total. The van der Waals surface area contributed by atoms with Gasteiger partial charge >= 0.3 is 0 Å². The summed E-state index contributed by atoms with van der Waals surface area (Å²) in [6, 6.07) is 2.09. The molecule has 1 aliphatic rings. The highest BCUT2D eigenvalue weighted by molar-refractivity contribution is 5.78. The van der Waals surface area contributed by atoms with Crippen molar-refractivity contribution in [1.82, 2.24) is 5.32 Å². The maximum absolute atomic E-state index is 11.0. The summed E-state index contributed by atoms with van der Waals surface area (Å²) in [4.78, 5) is 11.0. The summed E-state index contributed by atoms with van der Waals surface area (Å²) in [5.74, 6) is 0.504. The standard InChI is InChI=1S/C9H14N2O/c1-7(8-3-2-4-8)11-9(12)5-6-10/h7-8H,2-5H2,1H3,(H,11,12)/t7-/m0/s1. The zero-order chi connectivity index (χ0) is 8.97. The summed E-state index contributed by atoms with van der Waals surface area (Å²) < 4.78 is 0.